The molecule has 2 aromatic rings. The predicted molar refractivity (Wildman–Crippen MR) is 67.3 cm³/mol. The topological polar surface area (TPSA) is 104 Å². The van der Waals surface area contributed by atoms with Gasteiger partial charge in [0.1, 0.15) is 5.82 Å². The maximum Gasteiger partial charge on any atom is 0.312 e. The van der Waals surface area contributed by atoms with Crippen molar-refractivity contribution in [2.24, 2.45) is 0 Å². The number of nitro groups is 1. The van der Waals surface area contributed by atoms with Crippen molar-refractivity contribution in [1.82, 2.24) is 9.97 Å². The van der Waals surface area contributed by atoms with Gasteiger partial charge in [0.15, 0.2) is 0 Å². The summed E-state index contributed by atoms with van der Waals surface area (Å²) in [7, 11) is 0. The van der Waals surface area contributed by atoms with E-state index in [-0.39, 0.29) is 23.1 Å². The van der Waals surface area contributed by atoms with Gasteiger partial charge in [-0.3, -0.25) is 10.1 Å². The van der Waals surface area contributed by atoms with Crippen molar-refractivity contribution in [1.29, 1.82) is 0 Å². The first-order valence-corrected chi connectivity index (χ1v) is 5.55. The standard InChI is InChI=1S/C10H7BrN4O3/c11-6-1-2-8(7(3-6)15(16)17)18-10-5-13-9(12)4-14-10/h1-5H,(H2,12,13). The summed E-state index contributed by atoms with van der Waals surface area (Å²) in [6, 6.07) is 4.45. The maximum absolute atomic E-state index is 10.9. The third kappa shape index (κ3) is 2.72. The lowest BCUT2D eigenvalue weighted by molar-refractivity contribution is -0.385. The van der Waals surface area contributed by atoms with Crippen LogP contribution in [0.5, 0.6) is 11.6 Å². The van der Waals surface area contributed by atoms with Crippen molar-refractivity contribution < 1.29 is 9.66 Å². The number of benzene rings is 1. The first-order chi connectivity index (χ1) is 8.56. The van der Waals surface area contributed by atoms with Crippen LogP contribution in [0, 0.1) is 10.1 Å². The number of rotatable bonds is 3. The lowest BCUT2D eigenvalue weighted by Gasteiger charge is -2.05. The van der Waals surface area contributed by atoms with Crippen LogP contribution in [-0.2, 0) is 0 Å². The number of nitrogens with two attached hydrogens (primary N) is 1. The molecule has 0 radical (unpaired) electrons. The monoisotopic (exact) mass is 310 g/mol. The molecule has 0 atom stereocenters. The third-order valence-electron chi connectivity index (χ3n) is 1.98. The van der Waals surface area contributed by atoms with Gasteiger partial charge in [-0.1, -0.05) is 15.9 Å². The number of nitrogens with zero attached hydrogens (tertiary/aromatic N) is 3. The molecule has 0 saturated heterocycles. The van der Waals surface area contributed by atoms with E-state index in [1.165, 1.54) is 24.5 Å². The zero-order valence-electron chi connectivity index (χ0n) is 8.91. The molecule has 0 spiro atoms. The summed E-state index contributed by atoms with van der Waals surface area (Å²) in [6.45, 7) is 0. The van der Waals surface area contributed by atoms with Crippen molar-refractivity contribution >= 4 is 27.4 Å². The van der Waals surface area contributed by atoms with Gasteiger partial charge in [-0.2, -0.15) is 0 Å². The molecule has 0 bridgehead atoms. The SMILES string of the molecule is Nc1cnc(Oc2ccc(Br)cc2[N+](=O)[O-])cn1. The molecule has 8 heteroatoms. The fourth-order valence-corrected chi connectivity index (χ4v) is 1.56. The van der Waals surface area contributed by atoms with Crippen LogP contribution in [0.1, 0.15) is 0 Å². The number of hydrogen-bond donors (Lipinski definition) is 1. The van der Waals surface area contributed by atoms with Crippen LogP contribution < -0.4 is 10.5 Å². The van der Waals surface area contributed by atoms with Gasteiger partial charge in [0.2, 0.25) is 11.6 Å². The summed E-state index contributed by atoms with van der Waals surface area (Å²) < 4.78 is 5.88. The van der Waals surface area contributed by atoms with Gasteiger partial charge in [-0.25, -0.2) is 9.97 Å². The Bertz CT molecular complexity index is 588. The van der Waals surface area contributed by atoms with E-state index in [0.717, 1.165) is 0 Å². The summed E-state index contributed by atoms with van der Waals surface area (Å²) in [5.41, 5.74) is 5.21. The molecular weight excluding hydrogens is 304 g/mol. The quantitative estimate of drug-likeness (QED) is 0.690. The summed E-state index contributed by atoms with van der Waals surface area (Å²) in [5, 5.41) is 10.9. The van der Waals surface area contributed by atoms with Gasteiger partial charge in [0.25, 0.3) is 0 Å². The summed E-state index contributed by atoms with van der Waals surface area (Å²) >= 11 is 3.16. The molecule has 1 aromatic heterocycles. The van der Waals surface area contributed by atoms with Crippen molar-refractivity contribution in [2.75, 3.05) is 5.73 Å². The molecule has 0 aliphatic rings. The van der Waals surface area contributed by atoms with Crippen molar-refractivity contribution in [2.45, 2.75) is 0 Å². The van der Waals surface area contributed by atoms with E-state index in [4.69, 9.17) is 10.5 Å². The highest BCUT2D eigenvalue weighted by molar-refractivity contribution is 9.10. The van der Waals surface area contributed by atoms with Crippen LogP contribution in [0.3, 0.4) is 0 Å². The van der Waals surface area contributed by atoms with Gasteiger partial charge < -0.3 is 10.5 Å². The molecule has 0 fully saturated rings. The number of ether oxygens (including phenoxy) is 1. The number of nitrogen functional groups attached to an aromatic ring is 1. The molecule has 1 heterocycles. The molecule has 7 nitrogen and oxygen atoms in total. The maximum atomic E-state index is 10.9. The number of hydrogen-bond acceptors (Lipinski definition) is 6. The van der Waals surface area contributed by atoms with Crippen molar-refractivity contribution in [3.05, 3.63) is 45.2 Å². The molecule has 0 aliphatic heterocycles. The molecule has 0 aliphatic carbocycles. The first kappa shape index (κ1) is 12.2. The predicted octanol–water partition coefficient (Wildman–Crippen LogP) is 2.52. The minimum atomic E-state index is -0.537. The second-order valence-electron chi connectivity index (χ2n) is 3.25. The minimum Gasteiger partial charge on any atom is -0.430 e. The third-order valence-corrected chi connectivity index (χ3v) is 2.47. The summed E-state index contributed by atoms with van der Waals surface area (Å²) in [4.78, 5) is 18.0. The molecule has 1 aromatic carbocycles. The Kier molecular flexibility index (Phi) is 3.38. The second kappa shape index (κ2) is 4.96. The Labute approximate surface area is 110 Å². The summed E-state index contributed by atoms with van der Waals surface area (Å²) in [6.07, 6.45) is 2.60. The molecule has 92 valence electrons. The Morgan fingerprint density at radius 2 is 2.11 bits per heavy atom. The van der Waals surface area contributed by atoms with E-state index in [0.29, 0.717) is 4.47 Å². The van der Waals surface area contributed by atoms with Crippen LogP contribution in [0.25, 0.3) is 0 Å². The molecular formula is C10H7BrN4O3. The zero-order valence-corrected chi connectivity index (χ0v) is 10.5. The minimum absolute atomic E-state index is 0.0854. The highest BCUT2D eigenvalue weighted by Crippen LogP contribution is 2.32. The largest absolute Gasteiger partial charge is 0.430 e. The fourth-order valence-electron chi connectivity index (χ4n) is 1.21. The Morgan fingerprint density at radius 1 is 1.33 bits per heavy atom. The molecule has 2 N–H and O–H groups in total. The van der Waals surface area contributed by atoms with Crippen LogP contribution >= 0.6 is 15.9 Å². The number of halogens is 1. The molecule has 0 saturated carbocycles. The zero-order chi connectivity index (χ0) is 13.1. The Morgan fingerprint density at radius 3 is 2.72 bits per heavy atom. The number of aromatic nitrogens is 2. The van der Waals surface area contributed by atoms with E-state index in [9.17, 15) is 10.1 Å². The average Bonchev–Trinajstić information content (AvgIpc) is 2.34. The van der Waals surface area contributed by atoms with Crippen LogP contribution in [0.4, 0.5) is 11.5 Å². The Hall–Kier alpha value is -2.22. The Balaban J connectivity index is 2.34. The van der Waals surface area contributed by atoms with E-state index in [1.54, 1.807) is 6.07 Å². The van der Waals surface area contributed by atoms with E-state index >= 15 is 0 Å². The van der Waals surface area contributed by atoms with Crippen LogP contribution in [0.2, 0.25) is 0 Å². The van der Waals surface area contributed by atoms with Gasteiger partial charge in [0, 0.05) is 10.5 Å². The smallest absolute Gasteiger partial charge is 0.312 e. The number of anilines is 1. The van der Waals surface area contributed by atoms with E-state index in [1.807, 2.05) is 0 Å². The number of nitro benzene ring substituents is 1. The van der Waals surface area contributed by atoms with Gasteiger partial charge in [0.05, 0.1) is 17.3 Å². The normalized spacial score (nSPS) is 10.1. The first-order valence-electron chi connectivity index (χ1n) is 4.75. The lowest BCUT2D eigenvalue weighted by atomic mass is 10.3. The highest BCUT2D eigenvalue weighted by atomic mass is 79.9. The van der Waals surface area contributed by atoms with Crippen LogP contribution in [-0.4, -0.2) is 14.9 Å². The van der Waals surface area contributed by atoms with Crippen molar-refractivity contribution in [3.8, 4) is 11.6 Å². The van der Waals surface area contributed by atoms with E-state index < -0.39 is 4.92 Å². The van der Waals surface area contributed by atoms with Gasteiger partial charge in [-0.15, -0.1) is 0 Å². The average molecular weight is 311 g/mol. The summed E-state index contributed by atoms with van der Waals surface area (Å²) in [5.74, 6) is 0.463. The molecule has 2 rings (SSSR count). The van der Waals surface area contributed by atoms with Gasteiger partial charge >= 0.3 is 5.69 Å². The van der Waals surface area contributed by atoms with Crippen LogP contribution in [0.15, 0.2) is 35.1 Å². The van der Waals surface area contributed by atoms with Crippen molar-refractivity contribution in [3.63, 3.8) is 0 Å². The molecule has 0 unspecified atom stereocenters. The fraction of sp³-hybridized carbons (Fsp3) is 0. The molecule has 18 heavy (non-hydrogen) atoms. The lowest BCUT2D eigenvalue weighted by Crippen LogP contribution is -1.96. The highest BCUT2D eigenvalue weighted by Gasteiger charge is 2.16. The second-order valence-corrected chi connectivity index (χ2v) is 4.17. The van der Waals surface area contributed by atoms with Gasteiger partial charge in [-0.05, 0) is 12.1 Å². The van der Waals surface area contributed by atoms with E-state index in [2.05, 4.69) is 25.9 Å². The molecule has 0 amide bonds.